The number of nitrogens with zero attached hydrogens (tertiary/aromatic N) is 4. The van der Waals surface area contributed by atoms with E-state index in [0.29, 0.717) is 18.1 Å². The van der Waals surface area contributed by atoms with Gasteiger partial charge in [-0.05, 0) is 103 Å². The Balaban J connectivity index is 0.000000152. The van der Waals surface area contributed by atoms with Crippen LogP contribution in [0.2, 0.25) is 0 Å². The number of benzene rings is 2. The highest BCUT2D eigenvalue weighted by Gasteiger charge is 2.33. The van der Waals surface area contributed by atoms with Gasteiger partial charge in [0.2, 0.25) is 0 Å². The van der Waals surface area contributed by atoms with Gasteiger partial charge in [-0.25, -0.2) is 8.78 Å². The SMILES string of the molecule is CCN(C)C1CC(n2ccc3c(C)c(C)ccc32)C1.CN(C)C1CC(n2ccc3cc(F)c(F)cc32)C1. The third-order valence-corrected chi connectivity index (χ3v) is 9.02. The van der Waals surface area contributed by atoms with Gasteiger partial charge in [0.1, 0.15) is 0 Å². The summed E-state index contributed by atoms with van der Waals surface area (Å²) in [4.78, 5) is 4.68. The normalized spacial score (nSPS) is 23.3. The zero-order valence-corrected chi connectivity index (χ0v) is 23.0. The second kappa shape index (κ2) is 10.2. The molecule has 0 spiro atoms. The molecule has 6 rings (SSSR count). The van der Waals surface area contributed by atoms with Crippen LogP contribution in [0.25, 0.3) is 21.8 Å². The lowest BCUT2D eigenvalue weighted by Gasteiger charge is -2.42. The highest BCUT2D eigenvalue weighted by molar-refractivity contribution is 5.84. The topological polar surface area (TPSA) is 16.3 Å². The minimum Gasteiger partial charge on any atom is -0.344 e. The van der Waals surface area contributed by atoms with Gasteiger partial charge in [0.05, 0.1) is 5.52 Å². The smallest absolute Gasteiger partial charge is 0.160 e. The van der Waals surface area contributed by atoms with E-state index >= 15 is 0 Å². The van der Waals surface area contributed by atoms with Crippen LogP contribution in [0.15, 0.2) is 48.8 Å². The maximum Gasteiger partial charge on any atom is 0.160 e. The van der Waals surface area contributed by atoms with E-state index in [1.807, 2.05) is 12.3 Å². The Morgan fingerprint density at radius 1 is 0.784 bits per heavy atom. The van der Waals surface area contributed by atoms with Crippen molar-refractivity contribution in [1.82, 2.24) is 18.9 Å². The van der Waals surface area contributed by atoms with Crippen LogP contribution in [0.3, 0.4) is 0 Å². The Hall–Kier alpha value is -2.70. The summed E-state index contributed by atoms with van der Waals surface area (Å²) in [5.74, 6) is -1.55. The number of aryl methyl sites for hydroxylation is 2. The molecule has 2 heterocycles. The maximum atomic E-state index is 13.3. The quantitative estimate of drug-likeness (QED) is 0.287. The molecule has 0 saturated heterocycles. The first-order valence-electron chi connectivity index (χ1n) is 13.6. The summed E-state index contributed by atoms with van der Waals surface area (Å²) in [6, 6.07) is 13.7. The van der Waals surface area contributed by atoms with Crippen LogP contribution < -0.4 is 0 Å². The predicted molar refractivity (Wildman–Crippen MR) is 149 cm³/mol. The average molecular weight is 507 g/mol. The van der Waals surface area contributed by atoms with Crippen LogP contribution in [0.5, 0.6) is 0 Å². The van der Waals surface area contributed by atoms with E-state index in [9.17, 15) is 8.78 Å². The molecule has 6 heteroatoms. The van der Waals surface area contributed by atoms with Crippen molar-refractivity contribution in [2.45, 2.75) is 70.6 Å². The van der Waals surface area contributed by atoms with Crippen LogP contribution in [-0.2, 0) is 0 Å². The zero-order chi connectivity index (χ0) is 26.4. The fourth-order valence-electron chi connectivity index (χ4n) is 5.89. The largest absolute Gasteiger partial charge is 0.344 e. The Morgan fingerprint density at radius 2 is 1.38 bits per heavy atom. The van der Waals surface area contributed by atoms with Gasteiger partial charge in [-0.2, -0.15) is 0 Å². The number of halogens is 2. The molecule has 0 bridgehead atoms. The molecule has 0 amide bonds. The number of rotatable bonds is 5. The summed E-state index contributed by atoms with van der Waals surface area (Å²) >= 11 is 0. The Kier molecular flexibility index (Phi) is 7.16. The summed E-state index contributed by atoms with van der Waals surface area (Å²) < 4.78 is 31.0. The van der Waals surface area contributed by atoms with Gasteiger partial charge in [0.15, 0.2) is 11.6 Å². The fraction of sp³-hybridized carbons (Fsp3) is 0.484. The van der Waals surface area contributed by atoms with Gasteiger partial charge < -0.3 is 18.9 Å². The fourth-order valence-corrected chi connectivity index (χ4v) is 5.89. The standard InChI is InChI=1S/C17H24N2.C14H16F2N2/c1-5-18(4)14-10-15(11-14)19-9-8-16-13(3)12(2)6-7-17(16)19;1-17(2)10-6-11(7-10)18-4-3-9-5-12(15)13(16)8-14(9)18/h6-9,14-15H,5,10-11H2,1-4H3;3-5,8,10-11H,6-7H2,1-2H3. The first kappa shape index (κ1) is 25.9. The molecule has 2 saturated carbocycles. The van der Waals surface area contributed by atoms with E-state index in [0.717, 1.165) is 36.3 Å². The molecule has 4 nitrogen and oxygen atoms in total. The molecule has 198 valence electrons. The minimum absolute atomic E-state index is 0.403. The van der Waals surface area contributed by atoms with E-state index in [4.69, 9.17) is 0 Å². The molecular weight excluding hydrogens is 466 g/mol. The first-order valence-corrected chi connectivity index (χ1v) is 13.6. The van der Waals surface area contributed by atoms with E-state index in [1.165, 1.54) is 47.0 Å². The summed E-state index contributed by atoms with van der Waals surface area (Å²) in [5.41, 5.74) is 5.02. The van der Waals surface area contributed by atoms with E-state index in [-0.39, 0.29) is 0 Å². The van der Waals surface area contributed by atoms with Crippen LogP contribution in [0.1, 0.15) is 55.8 Å². The molecule has 2 aromatic heterocycles. The van der Waals surface area contributed by atoms with Crippen molar-refractivity contribution in [1.29, 1.82) is 0 Å². The lowest BCUT2D eigenvalue weighted by atomic mass is 9.85. The number of aromatic nitrogens is 2. The Bertz CT molecular complexity index is 1390. The van der Waals surface area contributed by atoms with Crippen LogP contribution >= 0.6 is 0 Å². The van der Waals surface area contributed by atoms with E-state index in [2.05, 4.69) is 85.2 Å². The number of fused-ring (bicyclic) bond motifs is 2. The molecule has 0 aliphatic heterocycles. The van der Waals surface area contributed by atoms with Crippen molar-refractivity contribution in [2.75, 3.05) is 27.7 Å². The van der Waals surface area contributed by atoms with Gasteiger partial charge in [-0.15, -0.1) is 0 Å². The summed E-state index contributed by atoms with van der Waals surface area (Å²) in [6.07, 6.45) is 8.93. The summed E-state index contributed by atoms with van der Waals surface area (Å²) in [7, 11) is 6.38. The van der Waals surface area contributed by atoms with Crippen molar-refractivity contribution < 1.29 is 8.78 Å². The van der Waals surface area contributed by atoms with Crippen LogP contribution in [0, 0.1) is 25.5 Å². The molecule has 0 atom stereocenters. The molecular formula is C31H40F2N4. The highest BCUT2D eigenvalue weighted by atomic mass is 19.2. The molecule has 0 N–H and O–H groups in total. The first-order chi connectivity index (χ1) is 17.7. The van der Waals surface area contributed by atoms with Crippen molar-refractivity contribution in [2.24, 2.45) is 0 Å². The molecule has 2 aliphatic carbocycles. The van der Waals surface area contributed by atoms with Crippen molar-refractivity contribution >= 4 is 21.8 Å². The zero-order valence-electron chi connectivity index (χ0n) is 23.0. The van der Waals surface area contributed by atoms with Crippen molar-refractivity contribution in [3.05, 3.63) is 71.6 Å². The molecule has 2 aromatic carbocycles. The molecule has 2 aliphatic rings. The van der Waals surface area contributed by atoms with Gasteiger partial charge >= 0.3 is 0 Å². The van der Waals surface area contributed by atoms with Crippen molar-refractivity contribution in [3.8, 4) is 0 Å². The second-order valence-electron chi connectivity index (χ2n) is 11.3. The van der Waals surface area contributed by atoms with E-state index in [1.54, 1.807) is 0 Å². The van der Waals surface area contributed by atoms with Gasteiger partial charge in [0.25, 0.3) is 0 Å². The lowest BCUT2D eigenvalue weighted by Crippen LogP contribution is -2.43. The Labute approximate surface area is 219 Å². The molecule has 0 radical (unpaired) electrons. The van der Waals surface area contributed by atoms with Gasteiger partial charge in [0, 0.05) is 58.9 Å². The molecule has 2 fully saturated rings. The van der Waals surface area contributed by atoms with E-state index < -0.39 is 11.6 Å². The lowest BCUT2D eigenvalue weighted by molar-refractivity contribution is 0.113. The van der Waals surface area contributed by atoms with Gasteiger partial charge in [-0.3, -0.25) is 0 Å². The molecule has 0 unspecified atom stereocenters. The highest BCUT2D eigenvalue weighted by Crippen LogP contribution is 2.39. The van der Waals surface area contributed by atoms with Crippen LogP contribution in [0.4, 0.5) is 8.78 Å². The summed E-state index contributed by atoms with van der Waals surface area (Å²) in [5, 5.41) is 2.19. The number of hydrogen-bond donors (Lipinski definition) is 0. The third-order valence-electron chi connectivity index (χ3n) is 9.02. The minimum atomic E-state index is -0.778. The van der Waals surface area contributed by atoms with Crippen LogP contribution in [-0.4, -0.2) is 58.7 Å². The monoisotopic (exact) mass is 506 g/mol. The average Bonchev–Trinajstić information content (AvgIpc) is 3.40. The summed E-state index contributed by atoms with van der Waals surface area (Å²) in [6.45, 7) is 7.82. The molecule has 37 heavy (non-hydrogen) atoms. The third kappa shape index (κ3) is 4.82. The maximum absolute atomic E-state index is 13.3. The van der Waals surface area contributed by atoms with Crippen molar-refractivity contribution in [3.63, 3.8) is 0 Å². The molecule has 4 aromatic rings. The number of hydrogen-bond acceptors (Lipinski definition) is 2. The predicted octanol–water partition coefficient (Wildman–Crippen LogP) is 7.10. The van der Waals surface area contributed by atoms with Gasteiger partial charge in [-0.1, -0.05) is 13.0 Å². The second-order valence-corrected chi connectivity index (χ2v) is 11.3. The Morgan fingerprint density at radius 3 is 2.03 bits per heavy atom.